The van der Waals surface area contributed by atoms with Gasteiger partial charge in [-0.05, 0) is 17.5 Å². The van der Waals surface area contributed by atoms with Crippen LogP contribution in [0.3, 0.4) is 0 Å². The molecular weight excluding hydrogens is 175 g/mol. The molecule has 0 saturated heterocycles. The molecule has 1 aliphatic rings. The standard InChI is InChI=1S/C13H13F/c14-10-4-3-6-12-9-8-11-5-1-2-7-13(11)12/h1-5,7-9,12H,6,10H2. The van der Waals surface area contributed by atoms with E-state index in [0.29, 0.717) is 5.92 Å². The maximum absolute atomic E-state index is 11.9. The largest absolute Gasteiger partial charge is 0.247 e. The van der Waals surface area contributed by atoms with Gasteiger partial charge in [0.1, 0.15) is 6.67 Å². The molecule has 14 heavy (non-hydrogen) atoms. The number of allylic oxidation sites excluding steroid dienone is 3. The number of benzene rings is 1. The van der Waals surface area contributed by atoms with Gasteiger partial charge >= 0.3 is 0 Å². The van der Waals surface area contributed by atoms with Gasteiger partial charge in [-0.25, -0.2) is 4.39 Å². The third kappa shape index (κ3) is 1.77. The summed E-state index contributed by atoms with van der Waals surface area (Å²) in [6, 6.07) is 8.36. The molecule has 2 rings (SSSR count). The van der Waals surface area contributed by atoms with Crippen molar-refractivity contribution in [3.63, 3.8) is 0 Å². The smallest absolute Gasteiger partial charge is 0.108 e. The molecule has 1 unspecified atom stereocenters. The van der Waals surface area contributed by atoms with E-state index >= 15 is 0 Å². The summed E-state index contributed by atoms with van der Waals surface area (Å²) in [5.41, 5.74) is 2.65. The SMILES string of the molecule is FCC=CCC1C=Cc2ccccc21. The molecule has 1 aromatic carbocycles. The van der Waals surface area contributed by atoms with Crippen molar-refractivity contribution in [3.05, 3.63) is 53.6 Å². The Morgan fingerprint density at radius 3 is 2.93 bits per heavy atom. The molecular formula is C13H13F. The van der Waals surface area contributed by atoms with Gasteiger partial charge in [-0.1, -0.05) is 48.6 Å². The van der Waals surface area contributed by atoms with E-state index in [2.05, 4.69) is 30.4 Å². The van der Waals surface area contributed by atoms with Crippen LogP contribution in [0.25, 0.3) is 6.08 Å². The maximum atomic E-state index is 11.9. The first kappa shape index (κ1) is 9.20. The Hall–Kier alpha value is -1.37. The molecule has 1 aliphatic carbocycles. The molecule has 0 spiro atoms. The van der Waals surface area contributed by atoms with Gasteiger partial charge in [0.25, 0.3) is 0 Å². The Kier molecular flexibility index (Phi) is 2.78. The minimum absolute atomic E-state index is 0.363. The van der Waals surface area contributed by atoms with Crippen LogP contribution in [0.5, 0.6) is 0 Å². The van der Waals surface area contributed by atoms with Crippen molar-refractivity contribution < 1.29 is 4.39 Å². The van der Waals surface area contributed by atoms with E-state index in [-0.39, 0.29) is 6.67 Å². The summed E-state index contributed by atoms with van der Waals surface area (Å²) >= 11 is 0. The summed E-state index contributed by atoms with van der Waals surface area (Å²) in [5.74, 6) is 0.439. The number of rotatable bonds is 3. The zero-order valence-electron chi connectivity index (χ0n) is 7.99. The van der Waals surface area contributed by atoms with E-state index < -0.39 is 0 Å². The van der Waals surface area contributed by atoms with Crippen LogP contribution in [0.4, 0.5) is 4.39 Å². The highest BCUT2D eigenvalue weighted by Crippen LogP contribution is 2.32. The number of alkyl halides is 1. The third-order valence-electron chi connectivity index (χ3n) is 2.55. The number of fused-ring (bicyclic) bond motifs is 1. The minimum Gasteiger partial charge on any atom is -0.247 e. The van der Waals surface area contributed by atoms with Gasteiger partial charge in [-0.3, -0.25) is 0 Å². The summed E-state index contributed by atoms with van der Waals surface area (Å²) in [5, 5.41) is 0. The van der Waals surface area contributed by atoms with Crippen LogP contribution in [0.2, 0.25) is 0 Å². The molecule has 0 bridgehead atoms. The second-order valence-corrected chi connectivity index (χ2v) is 3.46. The van der Waals surface area contributed by atoms with Gasteiger partial charge in [0.2, 0.25) is 0 Å². The van der Waals surface area contributed by atoms with Gasteiger partial charge in [-0.2, -0.15) is 0 Å². The van der Waals surface area contributed by atoms with E-state index in [1.807, 2.05) is 12.1 Å². The first-order valence-corrected chi connectivity index (χ1v) is 4.90. The maximum Gasteiger partial charge on any atom is 0.108 e. The van der Waals surface area contributed by atoms with Crippen molar-refractivity contribution in [1.29, 1.82) is 0 Å². The van der Waals surface area contributed by atoms with Gasteiger partial charge < -0.3 is 0 Å². The Labute approximate surface area is 83.8 Å². The van der Waals surface area contributed by atoms with Crippen LogP contribution >= 0.6 is 0 Å². The fourth-order valence-corrected chi connectivity index (χ4v) is 1.84. The molecule has 72 valence electrons. The Morgan fingerprint density at radius 1 is 1.21 bits per heavy atom. The Morgan fingerprint density at radius 2 is 2.07 bits per heavy atom. The first-order chi connectivity index (χ1) is 6.92. The highest BCUT2D eigenvalue weighted by molar-refractivity contribution is 5.62. The second-order valence-electron chi connectivity index (χ2n) is 3.46. The van der Waals surface area contributed by atoms with Crippen molar-refractivity contribution in [1.82, 2.24) is 0 Å². The summed E-state index contributed by atoms with van der Waals surface area (Å²) < 4.78 is 11.9. The summed E-state index contributed by atoms with van der Waals surface area (Å²) in [6.07, 6.45) is 8.72. The first-order valence-electron chi connectivity index (χ1n) is 4.90. The molecule has 0 amide bonds. The van der Waals surface area contributed by atoms with Crippen molar-refractivity contribution in [2.45, 2.75) is 12.3 Å². The van der Waals surface area contributed by atoms with Crippen molar-refractivity contribution >= 4 is 6.08 Å². The second kappa shape index (κ2) is 4.23. The lowest BCUT2D eigenvalue weighted by molar-refractivity contribution is 0.560. The molecule has 0 radical (unpaired) electrons. The van der Waals surface area contributed by atoms with Crippen LogP contribution in [-0.2, 0) is 0 Å². The Bertz CT molecular complexity index is 363. The molecule has 0 nitrogen and oxygen atoms in total. The lowest BCUT2D eigenvalue weighted by atomic mass is 9.97. The highest BCUT2D eigenvalue weighted by Gasteiger charge is 2.14. The number of hydrogen-bond acceptors (Lipinski definition) is 0. The van der Waals surface area contributed by atoms with Crippen molar-refractivity contribution in [2.24, 2.45) is 0 Å². The molecule has 1 aromatic rings. The monoisotopic (exact) mass is 188 g/mol. The molecule has 0 heterocycles. The van der Waals surface area contributed by atoms with Crippen LogP contribution in [-0.4, -0.2) is 6.67 Å². The van der Waals surface area contributed by atoms with Crippen LogP contribution < -0.4 is 0 Å². The van der Waals surface area contributed by atoms with Gasteiger partial charge in [0, 0.05) is 5.92 Å². The van der Waals surface area contributed by atoms with E-state index in [4.69, 9.17) is 0 Å². The predicted octanol–water partition coefficient (Wildman–Crippen LogP) is 3.71. The van der Waals surface area contributed by atoms with Gasteiger partial charge in [0.15, 0.2) is 0 Å². The third-order valence-corrected chi connectivity index (χ3v) is 2.55. The molecule has 0 N–H and O–H groups in total. The van der Waals surface area contributed by atoms with Crippen molar-refractivity contribution in [3.8, 4) is 0 Å². The zero-order valence-corrected chi connectivity index (χ0v) is 7.99. The van der Waals surface area contributed by atoms with Gasteiger partial charge in [-0.15, -0.1) is 0 Å². The van der Waals surface area contributed by atoms with Gasteiger partial charge in [0.05, 0.1) is 0 Å². The molecule has 0 aliphatic heterocycles. The topological polar surface area (TPSA) is 0 Å². The van der Waals surface area contributed by atoms with E-state index in [1.165, 1.54) is 11.1 Å². The zero-order chi connectivity index (χ0) is 9.80. The average Bonchev–Trinajstić information content (AvgIpc) is 2.63. The highest BCUT2D eigenvalue weighted by atomic mass is 19.1. The fraction of sp³-hybridized carbons (Fsp3) is 0.231. The van der Waals surface area contributed by atoms with E-state index in [0.717, 1.165) is 6.42 Å². The van der Waals surface area contributed by atoms with Crippen molar-refractivity contribution in [2.75, 3.05) is 6.67 Å². The van der Waals surface area contributed by atoms with Crippen LogP contribution in [0, 0.1) is 0 Å². The summed E-state index contributed by atoms with van der Waals surface area (Å²) in [6.45, 7) is -0.363. The normalized spacial score (nSPS) is 19.1. The van der Waals surface area contributed by atoms with E-state index in [9.17, 15) is 4.39 Å². The molecule has 1 heteroatoms. The van der Waals surface area contributed by atoms with E-state index in [1.54, 1.807) is 6.08 Å². The molecule has 1 atom stereocenters. The van der Waals surface area contributed by atoms with Crippen LogP contribution in [0.15, 0.2) is 42.5 Å². The average molecular weight is 188 g/mol. The quantitative estimate of drug-likeness (QED) is 0.634. The summed E-state index contributed by atoms with van der Waals surface area (Å²) in [7, 11) is 0. The number of halogens is 1. The fourth-order valence-electron chi connectivity index (χ4n) is 1.84. The molecule has 0 aromatic heterocycles. The Balaban J connectivity index is 2.11. The predicted molar refractivity (Wildman–Crippen MR) is 57.9 cm³/mol. The summed E-state index contributed by atoms with van der Waals surface area (Å²) in [4.78, 5) is 0. The van der Waals surface area contributed by atoms with Crippen LogP contribution in [0.1, 0.15) is 23.5 Å². The lowest BCUT2D eigenvalue weighted by Crippen LogP contribution is -1.90. The number of hydrogen-bond donors (Lipinski definition) is 0. The lowest BCUT2D eigenvalue weighted by Gasteiger charge is -2.07. The molecule has 0 fully saturated rings. The minimum atomic E-state index is -0.363. The molecule has 0 saturated carbocycles.